The SMILES string of the molecule is CC(C)(C)OC(=O)N1CC(F)C[C@H]1CO. The second-order valence-corrected chi connectivity index (χ2v) is 4.80. The van der Waals surface area contributed by atoms with Crippen molar-refractivity contribution in [1.29, 1.82) is 0 Å². The molecule has 15 heavy (non-hydrogen) atoms. The number of hydrogen-bond donors (Lipinski definition) is 1. The van der Waals surface area contributed by atoms with E-state index in [4.69, 9.17) is 9.84 Å². The smallest absolute Gasteiger partial charge is 0.410 e. The summed E-state index contributed by atoms with van der Waals surface area (Å²) < 4.78 is 18.2. The highest BCUT2D eigenvalue weighted by molar-refractivity contribution is 5.69. The second kappa shape index (κ2) is 4.35. The molecule has 0 radical (unpaired) electrons. The van der Waals surface area contributed by atoms with Crippen LogP contribution in [0.4, 0.5) is 9.18 Å². The molecule has 1 unspecified atom stereocenters. The molecule has 5 heteroatoms. The molecule has 0 aromatic carbocycles. The molecule has 0 saturated carbocycles. The lowest BCUT2D eigenvalue weighted by Gasteiger charge is -2.27. The fourth-order valence-corrected chi connectivity index (χ4v) is 1.58. The van der Waals surface area contributed by atoms with Crippen LogP contribution in [-0.2, 0) is 4.74 Å². The zero-order valence-electron chi connectivity index (χ0n) is 9.36. The number of aliphatic hydroxyl groups excluding tert-OH is 1. The lowest BCUT2D eigenvalue weighted by molar-refractivity contribution is 0.0170. The Kier molecular flexibility index (Phi) is 3.54. The number of amides is 1. The fraction of sp³-hybridized carbons (Fsp3) is 0.900. The van der Waals surface area contributed by atoms with Crippen molar-refractivity contribution in [3.63, 3.8) is 0 Å². The number of carbonyl (C=O) groups is 1. The molecular formula is C10H18FNO3. The molecule has 88 valence electrons. The predicted molar refractivity (Wildman–Crippen MR) is 53.3 cm³/mol. The Hall–Kier alpha value is -0.840. The summed E-state index contributed by atoms with van der Waals surface area (Å²) in [6.07, 6.45) is -1.42. The van der Waals surface area contributed by atoms with Gasteiger partial charge in [-0.3, -0.25) is 4.90 Å². The highest BCUT2D eigenvalue weighted by Crippen LogP contribution is 2.22. The molecule has 0 aromatic heterocycles. The van der Waals surface area contributed by atoms with Crippen molar-refractivity contribution in [3.05, 3.63) is 0 Å². The van der Waals surface area contributed by atoms with Gasteiger partial charge in [0, 0.05) is 6.42 Å². The Bertz CT molecular complexity index is 239. The van der Waals surface area contributed by atoms with Gasteiger partial charge in [0.25, 0.3) is 0 Å². The van der Waals surface area contributed by atoms with Crippen LogP contribution in [0.5, 0.6) is 0 Å². The lowest BCUT2D eigenvalue weighted by atomic mass is 10.2. The Labute approximate surface area is 89.0 Å². The van der Waals surface area contributed by atoms with E-state index in [1.165, 1.54) is 4.90 Å². The molecule has 0 aromatic rings. The number of likely N-dealkylation sites (tertiary alicyclic amines) is 1. The first-order valence-electron chi connectivity index (χ1n) is 5.08. The van der Waals surface area contributed by atoms with Crippen LogP contribution < -0.4 is 0 Å². The Balaban J connectivity index is 2.59. The molecule has 1 heterocycles. The summed E-state index contributed by atoms with van der Waals surface area (Å²) in [5.74, 6) is 0. The third-order valence-electron chi connectivity index (χ3n) is 2.20. The monoisotopic (exact) mass is 219 g/mol. The number of aliphatic hydroxyl groups is 1. The number of halogens is 1. The molecule has 1 amide bonds. The average Bonchev–Trinajstić information content (AvgIpc) is 2.43. The van der Waals surface area contributed by atoms with Crippen LogP contribution in [0.15, 0.2) is 0 Å². The first-order valence-corrected chi connectivity index (χ1v) is 5.08. The van der Waals surface area contributed by atoms with E-state index in [1.807, 2.05) is 0 Å². The summed E-state index contributed by atoms with van der Waals surface area (Å²) >= 11 is 0. The van der Waals surface area contributed by atoms with Gasteiger partial charge in [0.05, 0.1) is 19.2 Å². The van der Waals surface area contributed by atoms with Crippen molar-refractivity contribution in [1.82, 2.24) is 4.90 Å². The standard InChI is InChI=1S/C10H18FNO3/c1-10(2,3)15-9(14)12-5-7(11)4-8(12)6-13/h7-8,13H,4-6H2,1-3H3/t7?,8-/m0/s1. The van der Waals surface area contributed by atoms with E-state index in [0.717, 1.165) is 0 Å². The van der Waals surface area contributed by atoms with Crippen molar-refractivity contribution >= 4 is 6.09 Å². The summed E-state index contributed by atoms with van der Waals surface area (Å²) in [6.45, 7) is 5.05. The summed E-state index contributed by atoms with van der Waals surface area (Å²) in [5.41, 5.74) is -0.592. The third kappa shape index (κ3) is 3.34. The molecule has 1 aliphatic rings. The predicted octanol–water partition coefficient (Wildman–Crippen LogP) is 1.33. The number of nitrogens with zero attached hydrogens (tertiary/aromatic N) is 1. The maximum Gasteiger partial charge on any atom is 0.410 e. The Morgan fingerprint density at radius 1 is 1.60 bits per heavy atom. The van der Waals surface area contributed by atoms with Crippen LogP contribution >= 0.6 is 0 Å². The lowest BCUT2D eigenvalue weighted by Crippen LogP contribution is -2.41. The number of rotatable bonds is 1. The minimum atomic E-state index is -1.06. The highest BCUT2D eigenvalue weighted by atomic mass is 19.1. The van der Waals surface area contributed by atoms with E-state index in [-0.39, 0.29) is 19.6 Å². The van der Waals surface area contributed by atoms with Crippen molar-refractivity contribution < 1.29 is 19.0 Å². The molecular weight excluding hydrogens is 201 g/mol. The molecule has 1 aliphatic heterocycles. The molecule has 4 nitrogen and oxygen atoms in total. The largest absolute Gasteiger partial charge is 0.444 e. The first-order chi connectivity index (χ1) is 6.83. The molecule has 0 bridgehead atoms. The van der Waals surface area contributed by atoms with Crippen LogP contribution in [0, 0.1) is 0 Å². The van der Waals surface area contributed by atoms with Gasteiger partial charge in [0.1, 0.15) is 11.8 Å². The van der Waals surface area contributed by atoms with Crippen LogP contribution in [0.2, 0.25) is 0 Å². The van der Waals surface area contributed by atoms with E-state index in [9.17, 15) is 9.18 Å². The molecule has 1 N–H and O–H groups in total. The molecule has 1 saturated heterocycles. The maximum absolute atomic E-state index is 13.0. The van der Waals surface area contributed by atoms with E-state index in [0.29, 0.717) is 0 Å². The second-order valence-electron chi connectivity index (χ2n) is 4.80. The minimum absolute atomic E-state index is 0.0140. The minimum Gasteiger partial charge on any atom is -0.444 e. The topological polar surface area (TPSA) is 49.8 Å². The molecule has 0 aliphatic carbocycles. The number of alkyl halides is 1. The van der Waals surface area contributed by atoms with E-state index >= 15 is 0 Å². The van der Waals surface area contributed by atoms with Gasteiger partial charge < -0.3 is 9.84 Å². The van der Waals surface area contributed by atoms with Crippen molar-refractivity contribution in [2.75, 3.05) is 13.2 Å². The van der Waals surface area contributed by atoms with Crippen LogP contribution in [0.1, 0.15) is 27.2 Å². The van der Waals surface area contributed by atoms with E-state index < -0.39 is 23.9 Å². The number of ether oxygens (including phenoxy) is 1. The van der Waals surface area contributed by atoms with Gasteiger partial charge in [-0.15, -0.1) is 0 Å². The van der Waals surface area contributed by atoms with Crippen LogP contribution in [-0.4, -0.2) is 47.1 Å². The van der Waals surface area contributed by atoms with Crippen molar-refractivity contribution in [2.24, 2.45) is 0 Å². The maximum atomic E-state index is 13.0. The van der Waals surface area contributed by atoms with Gasteiger partial charge in [0.15, 0.2) is 0 Å². The zero-order valence-corrected chi connectivity index (χ0v) is 9.36. The third-order valence-corrected chi connectivity index (χ3v) is 2.20. The Morgan fingerprint density at radius 2 is 2.20 bits per heavy atom. The zero-order chi connectivity index (χ0) is 11.6. The van der Waals surface area contributed by atoms with E-state index in [1.54, 1.807) is 20.8 Å². The highest BCUT2D eigenvalue weighted by Gasteiger charge is 2.37. The van der Waals surface area contributed by atoms with Crippen LogP contribution in [0.3, 0.4) is 0 Å². The van der Waals surface area contributed by atoms with E-state index in [2.05, 4.69) is 0 Å². The first kappa shape index (κ1) is 12.2. The summed E-state index contributed by atoms with van der Waals surface area (Å²) in [5, 5.41) is 8.99. The molecule has 1 rings (SSSR count). The Morgan fingerprint density at radius 3 is 2.67 bits per heavy atom. The number of hydrogen-bond acceptors (Lipinski definition) is 3. The van der Waals surface area contributed by atoms with Gasteiger partial charge in [-0.1, -0.05) is 0 Å². The van der Waals surface area contributed by atoms with Crippen molar-refractivity contribution in [3.8, 4) is 0 Å². The quantitative estimate of drug-likeness (QED) is 0.723. The van der Waals surface area contributed by atoms with Crippen LogP contribution in [0.25, 0.3) is 0 Å². The fourth-order valence-electron chi connectivity index (χ4n) is 1.58. The van der Waals surface area contributed by atoms with Gasteiger partial charge >= 0.3 is 6.09 Å². The van der Waals surface area contributed by atoms with Gasteiger partial charge in [-0.2, -0.15) is 0 Å². The van der Waals surface area contributed by atoms with Gasteiger partial charge in [-0.25, -0.2) is 9.18 Å². The van der Waals surface area contributed by atoms with Gasteiger partial charge in [-0.05, 0) is 20.8 Å². The normalized spacial score (nSPS) is 26.9. The summed E-state index contributed by atoms with van der Waals surface area (Å²) in [7, 11) is 0. The molecule has 1 fully saturated rings. The number of carbonyl (C=O) groups excluding carboxylic acids is 1. The summed E-state index contributed by atoms with van der Waals surface area (Å²) in [4.78, 5) is 12.9. The average molecular weight is 219 g/mol. The van der Waals surface area contributed by atoms with Crippen molar-refractivity contribution in [2.45, 2.75) is 45.0 Å². The summed E-state index contributed by atoms with van der Waals surface area (Å²) in [6, 6.07) is -0.449. The molecule has 2 atom stereocenters. The molecule has 0 spiro atoms. The van der Waals surface area contributed by atoms with Gasteiger partial charge in [0.2, 0.25) is 0 Å².